The Morgan fingerprint density at radius 2 is 2.22 bits per heavy atom. The highest BCUT2D eigenvalue weighted by Gasteiger charge is 2.18. The van der Waals surface area contributed by atoms with Crippen molar-refractivity contribution in [2.45, 2.75) is 18.9 Å². The molecule has 23 heavy (non-hydrogen) atoms. The van der Waals surface area contributed by atoms with Crippen LogP contribution in [0.1, 0.15) is 18.4 Å². The number of amides is 2. The van der Waals surface area contributed by atoms with Gasteiger partial charge in [-0.2, -0.15) is 5.10 Å². The lowest BCUT2D eigenvalue weighted by Crippen LogP contribution is -2.41. The molecule has 2 aromatic rings. The number of hydrogen-bond acceptors (Lipinski definition) is 4. The van der Waals surface area contributed by atoms with Crippen molar-refractivity contribution < 1.29 is 14.3 Å². The monoisotopic (exact) mass is 314 g/mol. The molecule has 0 unspecified atom stereocenters. The minimum Gasteiger partial charge on any atom is -0.376 e. The Balaban J connectivity index is 1.50. The minimum absolute atomic E-state index is 0.00136. The lowest BCUT2D eigenvalue weighted by Gasteiger charge is -2.09. The van der Waals surface area contributed by atoms with Crippen LogP contribution in [-0.2, 0) is 14.3 Å². The predicted molar refractivity (Wildman–Crippen MR) is 86.0 cm³/mol. The Morgan fingerprint density at radius 1 is 1.35 bits per heavy atom. The van der Waals surface area contributed by atoms with Crippen LogP contribution in [-0.4, -0.2) is 42.3 Å². The molecule has 120 valence electrons. The van der Waals surface area contributed by atoms with Crippen molar-refractivity contribution >= 4 is 28.9 Å². The van der Waals surface area contributed by atoms with E-state index in [0.29, 0.717) is 13.2 Å². The largest absolute Gasteiger partial charge is 0.376 e. The summed E-state index contributed by atoms with van der Waals surface area (Å²) in [6.07, 6.45) is 5.19. The molecule has 0 bridgehead atoms. The molecular formula is C16H18N4O3. The van der Waals surface area contributed by atoms with E-state index in [1.165, 1.54) is 6.21 Å². The number of H-pyrrole nitrogens is 1. The quantitative estimate of drug-likeness (QED) is 0.445. The molecule has 0 spiro atoms. The predicted octanol–water partition coefficient (Wildman–Crippen LogP) is 0.913. The van der Waals surface area contributed by atoms with Gasteiger partial charge in [0.15, 0.2) is 0 Å². The third-order valence-corrected chi connectivity index (χ3v) is 3.71. The highest BCUT2D eigenvalue weighted by Crippen LogP contribution is 2.15. The number of hydrogen-bond donors (Lipinski definition) is 3. The van der Waals surface area contributed by atoms with Crippen LogP contribution in [0.25, 0.3) is 10.9 Å². The summed E-state index contributed by atoms with van der Waals surface area (Å²) in [6.45, 7) is 1.06. The van der Waals surface area contributed by atoms with E-state index in [1.54, 1.807) is 6.20 Å². The zero-order valence-electron chi connectivity index (χ0n) is 12.5. The molecule has 2 heterocycles. The van der Waals surface area contributed by atoms with E-state index in [4.69, 9.17) is 4.74 Å². The van der Waals surface area contributed by atoms with Gasteiger partial charge in [-0.05, 0) is 18.9 Å². The van der Waals surface area contributed by atoms with Crippen LogP contribution < -0.4 is 10.7 Å². The molecule has 7 nitrogen and oxygen atoms in total. The van der Waals surface area contributed by atoms with E-state index in [9.17, 15) is 9.59 Å². The van der Waals surface area contributed by atoms with Crippen molar-refractivity contribution in [2.75, 3.05) is 13.2 Å². The van der Waals surface area contributed by atoms with Gasteiger partial charge in [-0.3, -0.25) is 9.59 Å². The number of hydrazone groups is 1. The fourth-order valence-electron chi connectivity index (χ4n) is 2.50. The van der Waals surface area contributed by atoms with Crippen molar-refractivity contribution in [3.8, 4) is 0 Å². The molecule has 2 amide bonds. The second-order valence-electron chi connectivity index (χ2n) is 5.33. The Morgan fingerprint density at radius 3 is 3.04 bits per heavy atom. The molecule has 1 aromatic carbocycles. The molecule has 3 rings (SSSR count). The summed E-state index contributed by atoms with van der Waals surface area (Å²) in [4.78, 5) is 26.4. The lowest BCUT2D eigenvalue weighted by atomic mass is 10.2. The zero-order valence-corrected chi connectivity index (χ0v) is 12.5. The average Bonchev–Trinajstić information content (AvgIpc) is 3.22. The van der Waals surface area contributed by atoms with Crippen LogP contribution in [0.2, 0.25) is 0 Å². The molecule has 1 saturated heterocycles. The zero-order chi connectivity index (χ0) is 16.1. The molecule has 1 aliphatic rings. The number of carbonyl (C=O) groups excluding carboxylic acids is 2. The normalized spacial score (nSPS) is 17.7. The summed E-state index contributed by atoms with van der Waals surface area (Å²) >= 11 is 0. The van der Waals surface area contributed by atoms with E-state index >= 15 is 0 Å². The fraction of sp³-hybridized carbons (Fsp3) is 0.312. The van der Waals surface area contributed by atoms with Gasteiger partial charge in [0.1, 0.15) is 0 Å². The Hall–Kier alpha value is -2.67. The summed E-state index contributed by atoms with van der Waals surface area (Å²) in [6, 6.07) is 7.75. The first-order chi connectivity index (χ1) is 11.2. The number of rotatable bonds is 4. The standard InChI is InChI=1S/C16H18N4O3/c21-15(18-10-12-4-3-7-23-12)16(22)20-19-9-11-8-17-14-6-2-1-5-13(11)14/h1-2,5-6,8-9,12,17H,3-4,7,10H2,(H,18,21)(H,20,22)/b19-9+/t12-/m1/s1. The number of para-hydroxylation sites is 1. The van der Waals surface area contributed by atoms with Crippen LogP contribution in [0.15, 0.2) is 35.6 Å². The van der Waals surface area contributed by atoms with E-state index in [0.717, 1.165) is 29.3 Å². The molecule has 0 saturated carbocycles. The van der Waals surface area contributed by atoms with Gasteiger partial charge in [-0.25, -0.2) is 5.43 Å². The minimum atomic E-state index is -0.793. The van der Waals surface area contributed by atoms with Crippen molar-refractivity contribution in [1.82, 2.24) is 15.7 Å². The molecule has 1 aliphatic heterocycles. The van der Waals surface area contributed by atoms with E-state index in [-0.39, 0.29) is 6.10 Å². The molecule has 1 fully saturated rings. The number of aromatic nitrogens is 1. The van der Waals surface area contributed by atoms with Crippen molar-refractivity contribution in [3.63, 3.8) is 0 Å². The van der Waals surface area contributed by atoms with E-state index < -0.39 is 11.8 Å². The number of carbonyl (C=O) groups is 2. The topological polar surface area (TPSA) is 95.6 Å². The lowest BCUT2D eigenvalue weighted by molar-refractivity contribution is -0.139. The van der Waals surface area contributed by atoms with Gasteiger partial charge in [0, 0.05) is 35.8 Å². The Bertz CT molecular complexity index is 732. The molecule has 1 aromatic heterocycles. The third-order valence-electron chi connectivity index (χ3n) is 3.71. The number of nitrogens with zero attached hydrogens (tertiary/aromatic N) is 1. The highest BCUT2D eigenvalue weighted by atomic mass is 16.5. The van der Waals surface area contributed by atoms with Crippen molar-refractivity contribution in [1.29, 1.82) is 0 Å². The Kier molecular flexibility index (Phi) is 4.68. The van der Waals surface area contributed by atoms with E-state index in [1.807, 2.05) is 24.3 Å². The van der Waals surface area contributed by atoms with Crippen molar-refractivity contribution in [3.05, 3.63) is 36.0 Å². The van der Waals surface area contributed by atoms with Gasteiger partial charge < -0.3 is 15.0 Å². The summed E-state index contributed by atoms with van der Waals surface area (Å²) in [5, 5.41) is 7.36. The molecular weight excluding hydrogens is 296 g/mol. The molecule has 0 radical (unpaired) electrons. The van der Waals surface area contributed by atoms with Crippen molar-refractivity contribution in [2.24, 2.45) is 5.10 Å². The van der Waals surface area contributed by atoms with Crippen LogP contribution >= 0.6 is 0 Å². The number of ether oxygens (including phenoxy) is 1. The van der Waals surface area contributed by atoms with Crippen LogP contribution in [0.3, 0.4) is 0 Å². The van der Waals surface area contributed by atoms with E-state index in [2.05, 4.69) is 20.8 Å². The molecule has 1 atom stereocenters. The number of aromatic amines is 1. The van der Waals surface area contributed by atoms with Crippen LogP contribution in [0.4, 0.5) is 0 Å². The van der Waals surface area contributed by atoms with Gasteiger partial charge in [0.2, 0.25) is 0 Å². The highest BCUT2D eigenvalue weighted by molar-refractivity contribution is 6.35. The van der Waals surface area contributed by atoms with Gasteiger partial charge in [0.25, 0.3) is 0 Å². The molecule has 3 N–H and O–H groups in total. The first-order valence-corrected chi connectivity index (χ1v) is 7.53. The first kappa shape index (κ1) is 15.2. The smallest absolute Gasteiger partial charge is 0.329 e. The maximum Gasteiger partial charge on any atom is 0.329 e. The summed E-state index contributed by atoms with van der Waals surface area (Å²) in [5.41, 5.74) is 4.04. The number of fused-ring (bicyclic) bond motifs is 1. The van der Waals surface area contributed by atoms with Crippen LogP contribution in [0, 0.1) is 0 Å². The second-order valence-corrected chi connectivity index (χ2v) is 5.33. The summed E-state index contributed by atoms with van der Waals surface area (Å²) < 4.78 is 5.37. The SMILES string of the molecule is O=C(NC[C@H]1CCCO1)C(=O)N/N=C/c1c[nH]c2ccccc12. The molecule has 0 aliphatic carbocycles. The second kappa shape index (κ2) is 7.06. The number of nitrogens with one attached hydrogen (secondary N) is 3. The van der Waals surface area contributed by atoms with Crippen LogP contribution in [0.5, 0.6) is 0 Å². The summed E-state index contributed by atoms with van der Waals surface area (Å²) in [5.74, 6) is -1.50. The van der Waals surface area contributed by atoms with Gasteiger partial charge in [-0.1, -0.05) is 18.2 Å². The maximum atomic E-state index is 11.7. The summed E-state index contributed by atoms with van der Waals surface area (Å²) in [7, 11) is 0. The average molecular weight is 314 g/mol. The Labute approximate surface area is 133 Å². The fourth-order valence-corrected chi connectivity index (χ4v) is 2.50. The third kappa shape index (κ3) is 3.75. The maximum absolute atomic E-state index is 11.7. The van der Waals surface area contributed by atoms with Gasteiger partial charge in [-0.15, -0.1) is 0 Å². The number of benzene rings is 1. The van der Waals surface area contributed by atoms with Gasteiger partial charge in [0.05, 0.1) is 12.3 Å². The first-order valence-electron chi connectivity index (χ1n) is 7.53. The molecule has 7 heteroatoms. The van der Waals surface area contributed by atoms with Gasteiger partial charge >= 0.3 is 11.8 Å².